The molecule has 1 atom stereocenters. The minimum Gasteiger partial charge on any atom is -0.378 e. The summed E-state index contributed by atoms with van der Waals surface area (Å²) in [6.07, 6.45) is 0. The summed E-state index contributed by atoms with van der Waals surface area (Å²) in [6.45, 7) is 1.90. The summed E-state index contributed by atoms with van der Waals surface area (Å²) in [6, 6.07) is 4.19. The fourth-order valence-electron chi connectivity index (χ4n) is 1.85. The molecule has 0 radical (unpaired) electrons. The average Bonchev–Trinajstić information content (AvgIpc) is 2.93. The van der Waals surface area contributed by atoms with Crippen molar-refractivity contribution in [3.63, 3.8) is 0 Å². The van der Waals surface area contributed by atoms with Crippen LogP contribution in [0.25, 0.3) is 11.4 Å². The maximum absolute atomic E-state index is 13.1. The van der Waals surface area contributed by atoms with Crippen molar-refractivity contribution in [1.82, 2.24) is 15.5 Å². The summed E-state index contributed by atoms with van der Waals surface area (Å²) in [4.78, 5) is 4.27. The number of aromatic nitrogens is 2. The number of ether oxygens (including phenoxy) is 1. The van der Waals surface area contributed by atoms with Crippen LogP contribution >= 0.6 is 11.6 Å². The minimum absolute atomic E-state index is 0.0305. The zero-order valence-corrected chi connectivity index (χ0v) is 10.7. The highest BCUT2D eigenvalue weighted by molar-refractivity contribution is 6.31. The number of rotatable bonds is 2. The molecule has 100 valence electrons. The standard InChI is InChI=1S/C12H11ClFN3O2/c13-8-5-7(1-2-9(8)14)11-16-12(19-17-11)10-6-18-4-3-15-10/h1-2,5,10,15H,3-4,6H2. The zero-order valence-electron chi connectivity index (χ0n) is 9.90. The molecule has 1 fully saturated rings. The number of benzene rings is 1. The van der Waals surface area contributed by atoms with Gasteiger partial charge in [-0.2, -0.15) is 4.98 Å². The van der Waals surface area contributed by atoms with E-state index in [0.29, 0.717) is 30.5 Å². The lowest BCUT2D eigenvalue weighted by atomic mass is 10.2. The maximum atomic E-state index is 13.1. The van der Waals surface area contributed by atoms with Crippen LogP contribution in [0.5, 0.6) is 0 Å². The molecule has 1 saturated heterocycles. The third-order valence-corrected chi connectivity index (χ3v) is 3.13. The van der Waals surface area contributed by atoms with E-state index in [1.165, 1.54) is 12.1 Å². The molecule has 5 nitrogen and oxygen atoms in total. The number of hydrogen-bond acceptors (Lipinski definition) is 5. The summed E-state index contributed by atoms with van der Waals surface area (Å²) < 4.78 is 23.6. The van der Waals surface area contributed by atoms with E-state index in [2.05, 4.69) is 15.5 Å². The van der Waals surface area contributed by atoms with E-state index in [0.717, 1.165) is 6.54 Å². The molecule has 19 heavy (non-hydrogen) atoms. The van der Waals surface area contributed by atoms with Crippen LogP contribution in [-0.2, 0) is 4.74 Å². The molecule has 7 heteroatoms. The molecule has 2 heterocycles. The molecule has 1 aromatic heterocycles. The molecule has 0 aliphatic carbocycles. The molecule has 1 aromatic carbocycles. The van der Waals surface area contributed by atoms with Gasteiger partial charge >= 0.3 is 0 Å². The van der Waals surface area contributed by atoms with Crippen LogP contribution in [0.1, 0.15) is 11.9 Å². The third-order valence-electron chi connectivity index (χ3n) is 2.84. The van der Waals surface area contributed by atoms with Crippen molar-refractivity contribution in [3.8, 4) is 11.4 Å². The predicted octanol–water partition coefficient (Wildman–Crippen LogP) is 2.19. The monoisotopic (exact) mass is 283 g/mol. The second kappa shape index (κ2) is 5.24. The summed E-state index contributed by atoms with van der Waals surface area (Å²) in [5, 5.41) is 7.11. The number of morpholine rings is 1. The van der Waals surface area contributed by atoms with Crippen molar-refractivity contribution in [2.24, 2.45) is 0 Å². The largest absolute Gasteiger partial charge is 0.378 e. The summed E-state index contributed by atoms with van der Waals surface area (Å²) >= 11 is 5.73. The van der Waals surface area contributed by atoms with Crippen LogP contribution in [0.3, 0.4) is 0 Å². The van der Waals surface area contributed by atoms with Gasteiger partial charge in [0.25, 0.3) is 0 Å². The fourth-order valence-corrected chi connectivity index (χ4v) is 2.03. The Morgan fingerprint density at radius 2 is 2.32 bits per heavy atom. The van der Waals surface area contributed by atoms with Gasteiger partial charge in [0.05, 0.1) is 18.2 Å². The van der Waals surface area contributed by atoms with Gasteiger partial charge in [0.15, 0.2) is 0 Å². The van der Waals surface area contributed by atoms with Gasteiger partial charge in [-0.15, -0.1) is 0 Å². The molecule has 0 bridgehead atoms. The van der Waals surface area contributed by atoms with Crippen LogP contribution in [0.4, 0.5) is 4.39 Å². The van der Waals surface area contributed by atoms with Gasteiger partial charge in [-0.05, 0) is 18.2 Å². The number of nitrogens with one attached hydrogen (secondary N) is 1. The van der Waals surface area contributed by atoms with Gasteiger partial charge in [-0.25, -0.2) is 4.39 Å². The Bertz CT molecular complexity index is 584. The Hall–Kier alpha value is -1.50. The Morgan fingerprint density at radius 1 is 1.42 bits per heavy atom. The zero-order chi connectivity index (χ0) is 13.2. The number of halogens is 2. The quantitative estimate of drug-likeness (QED) is 0.915. The highest BCUT2D eigenvalue weighted by atomic mass is 35.5. The lowest BCUT2D eigenvalue weighted by molar-refractivity contribution is 0.0659. The van der Waals surface area contributed by atoms with E-state index < -0.39 is 5.82 Å². The SMILES string of the molecule is Fc1ccc(-c2noc(C3COCCN3)n2)cc1Cl. The Balaban J connectivity index is 1.85. The van der Waals surface area contributed by atoms with Gasteiger partial charge in [0.1, 0.15) is 11.9 Å². The van der Waals surface area contributed by atoms with Crippen LogP contribution in [0.15, 0.2) is 22.7 Å². The van der Waals surface area contributed by atoms with Crippen LogP contribution in [0, 0.1) is 5.82 Å². The first-order valence-corrected chi connectivity index (χ1v) is 6.22. The van der Waals surface area contributed by atoms with E-state index in [1.54, 1.807) is 6.07 Å². The van der Waals surface area contributed by atoms with Crippen molar-refractivity contribution >= 4 is 11.6 Å². The van der Waals surface area contributed by atoms with E-state index >= 15 is 0 Å². The molecule has 2 aromatic rings. The van der Waals surface area contributed by atoms with Crippen molar-refractivity contribution in [3.05, 3.63) is 34.9 Å². The molecular formula is C12H11ClFN3O2. The third kappa shape index (κ3) is 2.60. The van der Waals surface area contributed by atoms with Gasteiger partial charge in [-0.1, -0.05) is 16.8 Å². The Labute approximate surface area is 113 Å². The average molecular weight is 284 g/mol. The lowest BCUT2D eigenvalue weighted by Gasteiger charge is -2.20. The Morgan fingerprint density at radius 3 is 3.05 bits per heavy atom. The van der Waals surface area contributed by atoms with Gasteiger partial charge in [-0.3, -0.25) is 0 Å². The summed E-state index contributed by atoms with van der Waals surface area (Å²) in [5.74, 6) is 0.357. The molecule has 1 aliphatic rings. The van der Waals surface area contributed by atoms with Gasteiger partial charge in [0.2, 0.25) is 11.7 Å². The van der Waals surface area contributed by atoms with Crippen LogP contribution in [-0.4, -0.2) is 29.9 Å². The molecule has 1 unspecified atom stereocenters. The molecule has 0 saturated carbocycles. The van der Waals surface area contributed by atoms with Crippen LogP contribution in [0.2, 0.25) is 5.02 Å². The van der Waals surface area contributed by atoms with Gasteiger partial charge in [0, 0.05) is 12.1 Å². The first kappa shape index (κ1) is 12.5. The molecule has 1 aliphatic heterocycles. The highest BCUT2D eigenvalue weighted by Crippen LogP contribution is 2.24. The highest BCUT2D eigenvalue weighted by Gasteiger charge is 2.22. The smallest absolute Gasteiger partial charge is 0.246 e. The Kier molecular flexibility index (Phi) is 3.46. The molecule has 3 rings (SSSR count). The fraction of sp³-hybridized carbons (Fsp3) is 0.333. The summed E-state index contributed by atoms with van der Waals surface area (Å²) in [7, 11) is 0. The molecule has 0 amide bonds. The minimum atomic E-state index is -0.475. The normalized spacial score (nSPS) is 19.6. The second-order valence-electron chi connectivity index (χ2n) is 4.17. The van der Waals surface area contributed by atoms with E-state index in [1.807, 2.05) is 0 Å². The summed E-state index contributed by atoms with van der Waals surface area (Å²) in [5.41, 5.74) is 0.609. The van der Waals surface area contributed by atoms with Gasteiger partial charge < -0.3 is 14.6 Å². The van der Waals surface area contributed by atoms with Crippen LogP contribution < -0.4 is 5.32 Å². The van der Waals surface area contributed by atoms with Crippen molar-refractivity contribution in [1.29, 1.82) is 0 Å². The molecule has 1 N–H and O–H groups in total. The van der Waals surface area contributed by atoms with E-state index in [4.69, 9.17) is 20.9 Å². The predicted molar refractivity (Wildman–Crippen MR) is 66.3 cm³/mol. The van der Waals surface area contributed by atoms with Crippen molar-refractivity contribution in [2.75, 3.05) is 19.8 Å². The number of hydrogen-bond donors (Lipinski definition) is 1. The topological polar surface area (TPSA) is 60.2 Å². The first-order chi connectivity index (χ1) is 9.24. The molecular weight excluding hydrogens is 273 g/mol. The van der Waals surface area contributed by atoms with E-state index in [9.17, 15) is 4.39 Å². The number of nitrogens with zero attached hydrogens (tertiary/aromatic N) is 2. The lowest BCUT2D eigenvalue weighted by Crippen LogP contribution is -2.34. The molecule has 0 spiro atoms. The van der Waals surface area contributed by atoms with E-state index in [-0.39, 0.29) is 11.1 Å². The van der Waals surface area contributed by atoms with Crippen molar-refractivity contribution in [2.45, 2.75) is 6.04 Å². The first-order valence-electron chi connectivity index (χ1n) is 5.84. The maximum Gasteiger partial charge on any atom is 0.246 e. The van der Waals surface area contributed by atoms with Crippen molar-refractivity contribution < 1.29 is 13.7 Å². The second-order valence-corrected chi connectivity index (χ2v) is 4.57.